The molecule has 0 aliphatic heterocycles. The van der Waals surface area contributed by atoms with E-state index in [1.165, 1.54) is 11.5 Å². The van der Waals surface area contributed by atoms with Crippen LogP contribution in [0.4, 0.5) is 5.13 Å². The molecule has 1 amide bonds. The Labute approximate surface area is 111 Å². The minimum Gasteiger partial charge on any atom is -0.369 e. The highest BCUT2D eigenvalue weighted by Crippen LogP contribution is 2.27. The number of rotatable bonds is 4. The number of carbonyl (C=O) groups excluding carboxylic acids is 1. The van der Waals surface area contributed by atoms with Gasteiger partial charge in [0.2, 0.25) is 11.0 Å². The Morgan fingerprint density at radius 2 is 2.06 bits per heavy atom. The van der Waals surface area contributed by atoms with Crippen molar-refractivity contribution in [3.05, 3.63) is 5.82 Å². The van der Waals surface area contributed by atoms with E-state index in [1.54, 1.807) is 0 Å². The highest BCUT2D eigenvalue weighted by molar-refractivity contribution is 7.09. The first-order valence-corrected chi connectivity index (χ1v) is 7.23. The highest BCUT2D eigenvalue weighted by Gasteiger charge is 2.25. The van der Waals surface area contributed by atoms with Gasteiger partial charge in [0.1, 0.15) is 5.82 Å². The van der Waals surface area contributed by atoms with Crippen molar-refractivity contribution < 1.29 is 4.79 Å². The number of nitrogens with two attached hydrogens (primary N) is 1. The Morgan fingerprint density at radius 1 is 1.39 bits per heavy atom. The van der Waals surface area contributed by atoms with E-state index < -0.39 is 0 Å². The number of nitrogens with one attached hydrogen (secondary N) is 1. The van der Waals surface area contributed by atoms with Crippen LogP contribution in [-0.2, 0) is 4.79 Å². The van der Waals surface area contributed by atoms with E-state index in [0.29, 0.717) is 12.0 Å². The number of amides is 1. The van der Waals surface area contributed by atoms with Crippen LogP contribution in [0.2, 0.25) is 0 Å². The molecule has 1 fully saturated rings. The maximum Gasteiger partial charge on any atom is 0.220 e. The van der Waals surface area contributed by atoms with Crippen molar-refractivity contribution in [2.24, 2.45) is 11.7 Å². The van der Waals surface area contributed by atoms with E-state index in [4.69, 9.17) is 5.73 Å². The van der Waals surface area contributed by atoms with Crippen LogP contribution < -0.4 is 11.1 Å². The lowest BCUT2D eigenvalue weighted by atomic mass is 9.86. The Kier molecular flexibility index (Phi) is 4.16. The SMILES string of the molecule is CC(C)c1nsc(NC2CCC(C(N)=O)CC2)n1. The fourth-order valence-corrected chi connectivity index (χ4v) is 3.01. The van der Waals surface area contributed by atoms with Gasteiger partial charge in [0.25, 0.3) is 0 Å². The third-order valence-electron chi connectivity index (χ3n) is 3.42. The van der Waals surface area contributed by atoms with Gasteiger partial charge in [-0.2, -0.15) is 4.37 Å². The standard InChI is InChI=1S/C12H20N4OS/c1-7(2)11-15-12(18-16-11)14-9-5-3-8(4-6-9)10(13)17/h7-9H,3-6H2,1-2H3,(H2,13,17)(H,14,15,16). The average Bonchev–Trinajstić information content (AvgIpc) is 2.78. The lowest BCUT2D eigenvalue weighted by molar-refractivity contribution is -0.122. The number of anilines is 1. The van der Waals surface area contributed by atoms with Crippen molar-refractivity contribution in [3.63, 3.8) is 0 Å². The zero-order valence-electron chi connectivity index (χ0n) is 10.8. The van der Waals surface area contributed by atoms with Crippen molar-refractivity contribution in [1.29, 1.82) is 0 Å². The topological polar surface area (TPSA) is 80.9 Å². The molecule has 0 bridgehead atoms. The van der Waals surface area contributed by atoms with Crippen LogP contribution in [0.5, 0.6) is 0 Å². The average molecular weight is 268 g/mol. The van der Waals surface area contributed by atoms with Crippen LogP contribution in [0.1, 0.15) is 51.3 Å². The molecule has 3 N–H and O–H groups in total. The van der Waals surface area contributed by atoms with Crippen LogP contribution in [0, 0.1) is 5.92 Å². The molecule has 1 aromatic rings. The summed E-state index contributed by atoms with van der Waals surface area (Å²) in [5.74, 6) is 1.16. The van der Waals surface area contributed by atoms with Gasteiger partial charge < -0.3 is 11.1 Å². The van der Waals surface area contributed by atoms with Gasteiger partial charge in [0.15, 0.2) is 0 Å². The van der Waals surface area contributed by atoms with E-state index in [1.807, 2.05) is 0 Å². The largest absolute Gasteiger partial charge is 0.369 e. The Balaban J connectivity index is 1.85. The van der Waals surface area contributed by atoms with E-state index in [2.05, 4.69) is 28.5 Å². The summed E-state index contributed by atoms with van der Waals surface area (Å²) >= 11 is 1.41. The molecule has 5 nitrogen and oxygen atoms in total. The zero-order chi connectivity index (χ0) is 13.1. The van der Waals surface area contributed by atoms with Crippen LogP contribution in [0.25, 0.3) is 0 Å². The smallest absolute Gasteiger partial charge is 0.220 e. The maximum absolute atomic E-state index is 11.1. The normalized spacial score (nSPS) is 24.2. The maximum atomic E-state index is 11.1. The van der Waals surface area contributed by atoms with E-state index in [0.717, 1.165) is 36.6 Å². The van der Waals surface area contributed by atoms with E-state index >= 15 is 0 Å². The molecule has 0 spiro atoms. The molecule has 18 heavy (non-hydrogen) atoms. The summed E-state index contributed by atoms with van der Waals surface area (Å²) in [6, 6.07) is 0.397. The number of carbonyl (C=O) groups is 1. The Morgan fingerprint density at radius 3 is 2.56 bits per heavy atom. The summed E-state index contributed by atoms with van der Waals surface area (Å²) < 4.78 is 4.32. The van der Waals surface area contributed by atoms with E-state index in [9.17, 15) is 4.79 Å². The minimum atomic E-state index is -0.161. The molecule has 1 heterocycles. The number of aromatic nitrogens is 2. The number of hydrogen-bond donors (Lipinski definition) is 2. The van der Waals surface area contributed by atoms with Gasteiger partial charge in [-0.3, -0.25) is 4.79 Å². The van der Waals surface area contributed by atoms with Crippen molar-refractivity contribution in [3.8, 4) is 0 Å². The van der Waals surface area contributed by atoms with Gasteiger partial charge in [-0.05, 0) is 25.7 Å². The molecule has 6 heteroatoms. The van der Waals surface area contributed by atoms with Crippen LogP contribution >= 0.6 is 11.5 Å². The van der Waals surface area contributed by atoms with Gasteiger partial charge >= 0.3 is 0 Å². The highest BCUT2D eigenvalue weighted by atomic mass is 32.1. The van der Waals surface area contributed by atoms with Crippen molar-refractivity contribution in [2.45, 2.75) is 51.5 Å². The summed E-state index contributed by atoms with van der Waals surface area (Å²) in [7, 11) is 0. The minimum absolute atomic E-state index is 0.0590. The third kappa shape index (κ3) is 3.19. The number of nitrogens with zero attached hydrogens (tertiary/aromatic N) is 2. The summed E-state index contributed by atoms with van der Waals surface area (Å²) in [4.78, 5) is 15.5. The zero-order valence-corrected chi connectivity index (χ0v) is 11.7. The van der Waals surface area contributed by atoms with Crippen molar-refractivity contribution >= 4 is 22.6 Å². The lowest BCUT2D eigenvalue weighted by Gasteiger charge is -2.26. The van der Waals surface area contributed by atoms with Crippen molar-refractivity contribution in [2.75, 3.05) is 5.32 Å². The first-order chi connectivity index (χ1) is 8.56. The quantitative estimate of drug-likeness (QED) is 0.876. The second-order valence-corrected chi connectivity index (χ2v) is 5.96. The van der Waals surface area contributed by atoms with Crippen LogP contribution in [-0.4, -0.2) is 21.3 Å². The second-order valence-electron chi connectivity index (χ2n) is 5.21. The van der Waals surface area contributed by atoms with Gasteiger partial charge in [-0.1, -0.05) is 13.8 Å². The molecule has 100 valence electrons. The number of hydrogen-bond acceptors (Lipinski definition) is 5. The van der Waals surface area contributed by atoms with Crippen LogP contribution in [0.15, 0.2) is 0 Å². The number of primary amides is 1. The Bertz CT molecular complexity index is 410. The molecule has 1 aliphatic rings. The van der Waals surface area contributed by atoms with E-state index in [-0.39, 0.29) is 11.8 Å². The first-order valence-electron chi connectivity index (χ1n) is 6.45. The fraction of sp³-hybridized carbons (Fsp3) is 0.750. The summed E-state index contributed by atoms with van der Waals surface area (Å²) in [5, 5.41) is 4.30. The molecule has 1 saturated carbocycles. The van der Waals surface area contributed by atoms with Gasteiger partial charge in [0, 0.05) is 29.4 Å². The molecule has 0 saturated heterocycles. The summed E-state index contributed by atoms with van der Waals surface area (Å²) in [6.45, 7) is 4.17. The first kappa shape index (κ1) is 13.3. The van der Waals surface area contributed by atoms with Crippen LogP contribution in [0.3, 0.4) is 0 Å². The molecule has 2 rings (SSSR count). The summed E-state index contributed by atoms with van der Waals surface area (Å²) in [6.07, 6.45) is 3.71. The molecular weight excluding hydrogens is 248 g/mol. The van der Waals surface area contributed by atoms with Gasteiger partial charge in [-0.25, -0.2) is 4.98 Å². The predicted molar refractivity (Wildman–Crippen MR) is 72.6 cm³/mol. The third-order valence-corrected chi connectivity index (χ3v) is 4.08. The monoisotopic (exact) mass is 268 g/mol. The van der Waals surface area contributed by atoms with Crippen molar-refractivity contribution in [1.82, 2.24) is 9.36 Å². The predicted octanol–water partition coefficient (Wildman–Crippen LogP) is 2.12. The molecule has 0 unspecified atom stereocenters. The van der Waals surface area contributed by atoms with Gasteiger partial charge in [-0.15, -0.1) is 0 Å². The molecule has 0 aromatic carbocycles. The molecule has 0 radical (unpaired) electrons. The Hall–Kier alpha value is -1.17. The molecule has 1 aromatic heterocycles. The fourth-order valence-electron chi connectivity index (χ4n) is 2.22. The van der Waals surface area contributed by atoms with Gasteiger partial charge in [0.05, 0.1) is 0 Å². The molecular formula is C12H20N4OS. The second kappa shape index (κ2) is 5.65. The molecule has 0 atom stereocenters. The lowest BCUT2D eigenvalue weighted by Crippen LogP contribution is -2.32. The molecule has 1 aliphatic carbocycles. The summed E-state index contributed by atoms with van der Waals surface area (Å²) in [5.41, 5.74) is 5.32.